The molecule has 0 bridgehead atoms. The highest BCUT2D eigenvalue weighted by molar-refractivity contribution is 9.10. The fourth-order valence-corrected chi connectivity index (χ4v) is 3.96. The second kappa shape index (κ2) is 10.1. The van der Waals surface area contributed by atoms with Gasteiger partial charge in [0.25, 0.3) is 0 Å². The zero-order valence-electron chi connectivity index (χ0n) is 18.2. The molecule has 2 N–H and O–H groups in total. The minimum absolute atomic E-state index is 0.132. The van der Waals surface area contributed by atoms with Crippen LogP contribution in [0.4, 0.5) is 14.7 Å². The van der Waals surface area contributed by atoms with Gasteiger partial charge in [-0.1, -0.05) is 24.6 Å². The number of hydrogen-bond acceptors (Lipinski definition) is 6. The number of nitrogens with zero attached hydrogens (tertiary/aromatic N) is 4. The van der Waals surface area contributed by atoms with Crippen LogP contribution in [0.3, 0.4) is 0 Å². The van der Waals surface area contributed by atoms with Crippen molar-refractivity contribution in [3.05, 3.63) is 45.9 Å². The van der Waals surface area contributed by atoms with E-state index in [1.165, 1.54) is 22.7 Å². The predicted octanol–water partition coefficient (Wildman–Crippen LogP) is 5.29. The first-order chi connectivity index (χ1) is 16.3. The van der Waals surface area contributed by atoms with Crippen molar-refractivity contribution in [3.8, 4) is 17.1 Å². The molecule has 0 aliphatic carbocycles. The van der Waals surface area contributed by atoms with Crippen LogP contribution in [0, 0.1) is 0 Å². The van der Waals surface area contributed by atoms with Crippen LogP contribution in [0.25, 0.3) is 27.9 Å². The summed E-state index contributed by atoms with van der Waals surface area (Å²) >= 11 is 9.48. The molecule has 1 atom stereocenters. The maximum Gasteiger partial charge on any atom is 0.387 e. The van der Waals surface area contributed by atoms with E-state index in [1.54, 1.807) is 6.92 Å². The van der Waals surface area contributed by atoms with Crippen molar-refractivity contribution in [2.75, 3.05) is 11.9 Å². The van der Waals surface area contributed by atoms with Crippen LogP contribution >= 0.6 is 27.5 Å². The standard InChI is InChI=1S/C22H20BrClF2N6O2/c1-3-9-27-20(33)11(2)28-22-29-17-14(5-4-6-15(17)23)19-30-18(31-32(19)22)13-8-7-12(24)10-16(13)34-21(25)26/h4-8,10-11,21H,3,9H2,1-2H3,(H,27,33)(H,28,29)/t11-/m0/s1. The minimum Gasteiger partial charge on any atom is -0.434 e. The summed E-state index contributed by atoms with van der Waals surface area (Å²) < 4.78 is 32.8. The van der Waals surface area contributed by atoms with E-state index in [1.807, 2.05) is 25.1 Å². The second-order valence-corrected chi connectivity index (χ2v) is 8.71. The van der Waals surface area contributed by atoms with Crippen LogP contribution in [0.15, 0.2) is 40.9 Å². The summed E-state index contributed by atoms with van der Waals surface area (Å²) in [6.45, 7) is 1.17. The van der Waals surface area contributed by atoms with Crippen molar-refractivity contribution in [1.82, 2.24) is 24.9 Å². The molecule has 0 fully saturated rings. The summed E-state index contributed by atoms with van der Waals surface area (Å²) in [5.74, 6) is 0.0404. The number of halogens is 4. The van der Waals surface area contributed by atoms with Crippen LogP contribution < -0.4 is 15.4 Å². The number of anilines is 1. The van der Waals surface area contributed by atoms with E-state index in [4.69, 9.17) is 11.6 Å². The molecule has 4 rings (SSSR count). The molecule has 0 radical (unpaired) electrons. The average molecular weight is 554 g/mol. The fraction of sp³-hybridized carbons (Fsp3) is 0.273. The summed E-state index contributed by atoms with van der Waals surface area (Å²) in [5.41, 5.74) is 1.25. The number of amides is 1. The highest BCUT2D eigenvalue weighted by atomic mass is 79.9. The van der Waals surface area contributed by atoms with Gasteiger partial charge in [0.2, 0.25) is 11.9 Å². The molecule has 0 spiro atoms. The maximum atomic E-state index is 13.0. The molecular weight excluding hydrogens is 534 g/mol. The molecule has 0 unspecified atom stereocenters. The Hall–Kier alpha value is -3.05. The Morgan fingerprint density at radius 3 is 2.79 bits per heavy atom. The number of para-hydroxylation sites is 1. The Labute approximate surface area is 206 Å². The fourth-order valence-electron chi connectivity index (χ4n) is 3.34. The number of alkyl halides is 2. The molecule has 0 aliphatic heterocycles. The van der Waals surface area contributed by atoms with Crippen LogP contribution in [0.2, 0.25) is 5.02 Å². The molecule has 12 heteroatoms. The number of rotatable bonds is 8. The van der Waals surface area contributed by atoms with E-state index in [-0.39, 0.29) is 34.0 Å². The van der Waals surface area contributed by atoms with Gasteiger partial charge in [0.15, 0.2) is 11.5 Å². The Morgan fingerprint density at radius 2 is 2.06 bits per heavy atom. The first-order valence-corrected chi connectivity index (χ1v) is 11.6. The zero-order chi connectivity index (χ0) is 24.4. The van der Waals surface area contributed by atoms with Gasteiger partial charge in [-0.15, -0.1) is 5.10 Å². The lowest BCUT2D eigenvalue weighted by Crippen LogP contribution is -2.38. The highest BCUT2D eigenvalue weighted by Crippen LogP contribution is 2.34. The van der Waals surface area contributed by atoms with E-state index in [2.05, 4.69) is 46.4 Å². The van der Waals surface area contributed by atoms with Crippen LogP contribution in [0.5, 0.6) is 5.75 Å². The van der Waals surface area contributed by atoms with E-state index >= 15 is 0 Å². The summed E-state index contributed by atoms with van der Waals surface area (Å²) in [4.78, 5) is 21.7. The third-order valence-electron chi connectivity index (χ3n) is 4.94. The first-order valence-electron chi connectivity index (χ1n) is 10.4. The monoisotopic (exact) mass is 552 g/mol. The summed E-state index contributed by atoms with van der Waals surface area (Å²) in [6, 6.07) is 9.17. The highest BCUT2D eigenvalue weighted by Gasteiger charge is 2.21. The molecule has 0 saturated heterocycles. The van der Waals surface area contributed by atoms with Crippen LogP contribution in [-0.4, -0.2) is 44.7 Å². The SMILES string of the molecule is CCCNC(=O)[C@H](C)Nc1nc2c(Br)cccc2c2nc(-c3ccc(Cl)cc3OC(F)F)nn12. The average Bonchev–Trinajstić information content (AvgIpc) is 3.23. The van der Waals surface area contributed by atoms with Crippen molar-refractivity contribution >= 4 is 55.9 Å². The number of carbonyl (C=O) groups is 1. The second-order valence-electron chi connectivity index (χ2n) is 7.42. The van der Waals surface area contributed by atoms with Crippen LogP contribution in [-0.2, 0) is 4.79 Å². The van der Waals surface area contributed by atoms with Crippen molar-refractivity contribution in [2.24, 2.45) is 0 Å². The normalized spacial score (nSPS) is 12.3. The Kier molecular flexibility index (Phi) is 7.13. The van der Waals surface area contributed by atoms with Crippen molar-refractivity contribution in [1.29, 1.82) is 0 Å². The quantitative estimate of drug-likeness (QED) is 0.308. The lowest BCUT2D eigenvalue weighted by Gasteiger charge is -2.15. The van der Waals surface area contributed by atoms with E-state index in [0.717, 1.165) is 10.9 Å². The van der Waals surface area contributed by atoms with Crippen molar-refractivity contribution < 1.29 is 18.3 Å². The number of aromatic nitrogens is 4. The number of fused-ring (bicyclic) bond motifs is 3. The van der Waals surface area contributed by atoms with Gasteiger partial charge in [-0.25, -0.2) is 9.97 Å². The summed E-state index contributed by atoms with van der Waals surface area (Å²) in [6.07, 6.45) is 0.806. The molecule has 34 heavy (non-hydrogen) atoms. The molecule has 1 amide bonds. The lowest BCUT2D eigenvalue weighted by molar-refractivity contribution is -0.121. The Balaban J connectivity index is 1.87. The number of carbonyl (C=O) groups excluding carboxylic acids is 1. The van der Waals surface area contributed by atoms with Gasteiger partial charge in [-0.05, 0) is 59.6 Å². The minimum atomic E-state index is -3.05. The molecule has 0 aliphatic rings. The van der Waals surface area contributed by atoms with E-state index in [9.17, 15) is 13.6 Å². The van der Waals surface area contributed by atoms with Crippen LogP contribution in [0.1, 0.15) is 20.3 Å². The van der Waals surface area contributed by atoms with Gasteiger partial charge in [-0.2, -0.15) is 13.3 Å². The molecule has 178 valence electrons. The third kappa shape index (κ3) is 4.90. The molecule has 2 aromatic carbocycles. The van der Waals surface area contributed by atoms with E-state index in [0.29, 0.717) is 23.1 Å². The smallest absolute Gasteiger partial charge is 0.387 e. The van der Waals surface area contributed by atoms with Gasteiger partial charge in [0, 0.05) is 21.4 Å². The van der Waals surface area contributed by atoms with Crippen molar-refractivity contribution in [3.63, 3.8) is 0 Å². The number of benzene rings is 2. The van der Waals surface area contributed by atoms with E-state index < -0.39 is 12.7 Å². The maximum absolute atomic E-state index is 13.0. The topological polar surface area (TPSA) is 93.4 Å². The number of ether oxygens (including phenoxy) is 1. The Bertz CT molecular complexity index is 1370. The largest absolute Gasteiger partial charge is 0.434 e. The Morgan fingerprint density at radius 1 is 1.26 bits per heavy atom. The molecule has 2 aromatic heterocycles. The predicted molar refractivity (Wildman–Crippen MR) is 129 cm³/mol. The van der Waals surface area contributed by atoms with Gasteiger partial charge in [0.05, 0.1) is 11.1 Å². The summed E-state index contributed by atoms with van der Waals surface area (Å²) in [7, 11) is 0. The van der Waals surface area contributed by atoms with Gasteiger partial charge >= 0.3 is 6.61 Å². The van der Waals surface area contributed by atoms with Gasteiger partial charge in [0.1, 0.15) is 11.8 Å². The number of nitrogens with one attached hydrogen (secondary N) is 2. The molecular formula is C22H20BrClF2N6O2. The molecule has 0 saturated carbocycles. The third-order valence-corrected chi connectivity index (χ3v) is 5.82. The van der Waals surface area contributed by atoms with Crippen molar-refractivity contribution in [2.45, 2.75) is 32.9 Å². The number of hydrogen-bond donors (Lipinski definition) is 2. The molecule has 4 aromatic rings. The summed E-state index contributed by atoms with van der Waals surface area (Å²) in [5, 5.41) is 11.3. The molecule has 2 heterocycles. The zero-order valence-corrected chi connectivity index (χ0v) is 20.5. The van der Waals surface area contributed by atoms with Gasteiger partial charge in [-0.3, -0.25) is 4.79 Å². The lowest BCUT2D eigenvalue weighted by atomic mass is 10.2. The van der Waals surface area contributed by atoms with Gasteiger partial charge < -0.3 is 15.4 Å². The molecule has 8 nitrogen and oxygen atoms in total. The first kappa shape index (κ1) is 24.1.